The number of hydrogen-bond donors (Lipinski definition) is 3. The topological polar surface area (TPSA) is 91.3 Å². The van der Waals surface area contributed by atoms with Gasteiger partial charge in [-0.15, -0.1) is 13.2 Å². The smallest absolute Gasteiger partial charge is 0.164 e. The Kier molecular flexibility index (Phi) is 4.60. The lowest BCUT2D eigenvalue weighted by atomic mass is 9.94. The molecule has 4 N–H and O–H groups in total. The summed E-state index contributed by atoms with van der Waals surface area (Å²) >= 11 is 0. The molecule has 1 fully saturated rings. The zero-order valence-corrected chi connectivity index (χ0v) is 14.3. The second kappa shape index (κ2) is 5.85. The zero-order chi connectivity index (χ0) is 16.7. The summed E-state index contributed by atoms with van der Waals surface area (Å²) in [6.07, 6.45) is 6.21. The van der Waals surface area contributed by atoms with E-state index in [4.69, 9.17) is 10.5 Å². The Balaban J connectivity index is 2.15. The normalized spacial score (nSPS) is 35.9. The van der Waals surface area contributed by atoms with E-state index in [2.05, 4.69) is 31.2 Å². The lowest BCUT2D eigenvalue weighted by Gasteiger charge is -2.32. The molecule has 1 saturated heterocycles. The number of aliphatic imine (C=N–C) groups is 1. The Morgan fingerprint density at radius 1 is 1.50 bits per heavy atom. The average molecular weight is 327 g/mol. The van der Waals surface area contributed by atoms with Crippen molar-refractivity contribution >= 4 is 19.0 Å². The highest BCUT2D eigenvalue weighted by Crippen LogP contribution is 2.43. The molecule has 7 heteroatoms. The van der Waals surface area contributed by atoms with Crippen molar-refractivity contribution < 1.29 is 14.9 Å². The fraction of sp³-hybridized carbons (Fsp3) is 0.600. The van der Waals surface area contributed by atoms with Crippen LogP contribution in [0.2, 0.25) is 0 Å². The summed E-state index contributed by atoms with van der Waals surface area (Å²) in [6, 6.07) is 0. The number of aliphatic hydroxyl groups is 2. The number of nitrogens with zero attached hydrogens (tertiary/aromatic N) is 2. The molecule has 0 spiro atoms. The van der Waals surface area contributed by atoms with E-state index in [0.717, 1.165) is 6.16 Å². The van der Waals surface area contributed by atoms with Gasteiger partial charge in [-0.2, -0.15) is 0 Å². The monoisotopic (exact) mass is 327 g/mol. The molecule has 6 nitrogen and oxygen atoms in total. The first-order valence-corrected chi connectivity index (χ1v) is 10.3. The SMILES string of the molecule is C=C1N=C(N)C=CN1C1O[C@](C)(CCP(=C)(C)C)[C@@H](O)[C@H]1O. The molecule has 0 radical (unpaired) electrons. The van der Waals surface area contributed by atoms with Gasteiger partial charge in [0.05, 0.1) is 5.60 Å². The van der Waals surface area contributed by atoms with Crippen LogP contribution in [0.25, 0.3) is 0 Å². The highest BCUT2D eigenvalue weighted by Gasteiger charge is 2.53. The first-order chi connectivity index (χ1) is 10.0. The molecule has 124 valence electrons. The summed E-state index contributed by atoms with van der Waals surface area (Å²) in [6.45, 7) is 8.68. The van der Waals surface area contributed by atoms with Crippen LogP contribution in [-0.2, 0) is 4.74 Å². The predicted octanol–water partition coefficient (Wildman–Crippen LogP) is 0.580. The van der Waals surface area contributed by atoms with Crippen molar-refractivity contribution in [3.63, 3.8) is 0 Å². The molecular formula is C15H26N3O3P. The maximum absolute atomic E-state index is 10.4. The minimum Gasteiger partial charge on any atom is -0.387 e. The Labute approximate surface area is 131 Å². The number of rotatable bonds is 4. The molecule has 0 aromatic rings. The second-order valence-electron chi connectivity index (χ2n) is 6.84. The molecule has 0 saturated carbocycles. The van der Waals surface area contributed by atoms with E-state index in [1.54, 1.807) is 17.2 Å². The molecule has 2 rings (SSSR count). The molecule has 1 unspecified atom stereocenters. The second-order valence-corrected chi connectivity index (χ2v) is 11.2. The van der Waals surface area contributed by atoms with E-state index in [1.807, 2.05) is 6.92 Å². The molecule has 0 aromatic carbocycles. The highest BCUT2D eigenvalue weighted by atomic mass is 31.2. The predicted molar refractivity (Wildman–Crippen MR) is 92.4 cm³/mol. The largest absolute Gasteiger partial charge is 0.387 e. The van der Waals surface area contributed by atoms with Crippen LogP contribution in [0.5, 0.6) is 0 Å². The van der Waals surface area contributed by atoms with E-state index < -0.39 is 30.9 Å². The lowest BCUT2D eigenvalue weighted by Crippen LogP contribution is -2.43. The first kappa shape index (κ1) is 17.3. The maximum Gasteiger partial charge on any atom is 0.164 e. The first-order valence-electron chi connectivity index (χ1n) is 7.24. The molecule has 0 aromatic heterocycles. The molecule has 2 aliphatic rings. The van der Waals surface area contributed by atoms with Crippen LogP contribution >= 0.6 is 6.89 Å². The van der Waals surface area contributed by atoms with E-state index in [9.17, 15) is 10.2 Å². The third-order valence-corrected chi connectivity index (χ3v) is 5.52. The van der Waals surface area contributed by atoms with Crippen LogP contribution in [-0.4, -0.2) is 70.8 Å². The van der Waals surface area contributed by atoms with Crippen LogP contribution in [0.3, 0.4) is 0 Å². The Morgan fingerprint density at radius 2 is 2.14 bits per heavy atom. The number of nitrogens with two attached hydrogens (primary N) is 1. The zero-order valence-electron chi connectivity index (χ0n) is 13.4. The molecule has 22 heavy (non-hydrogen) atoms. The standard InChI is InChI=1S/C15H26N3O3P/c1-10-17-11(16)6-8-18(10)14-12(19)13(20)15(2,21-14)7-9-22(3,4)5/h6,8,12-14,19-20H,1,3,7,9H2,2,4-5H3,(H2,16,17)/t12-,13+,14?,15-/m1/s1. The van der Waals surface area contributed by atoms with Crippen LogP contribution in [0.4, 0.5) is 0 Å². The summed E-state index contributed by atoms with van der Waals surface area (Å²) < 4.78 is 6.01. The summed E-state index contributed by atoms with van der Waals surface area (Å²) in [7, 11) is 0. The van der Waals surface area contributed by atoms with E-state index in [1.165, 1.54) is 0 Å². The molecule has 2 aliphatic heterocycles. The number of ether oxygens (including phenoxy) is 1. The van der Waals surface area contributed by atoms with Gasteiger partial charge in [-0.05, 0) is 38.9 Å². The van der Waals surface area contributed by atoms with Gasteiger partial charge in [-0.1, -0.05) is 6.58 Å². The minimum atomic E-state index is -1.24. The van der Waals surface area contributed by atoms with Gasteiger partial charge in [0.2, 0.25) is 0 Å². The third-order valence-electron chi connectivity index (χ3n) is 4.08. The maximum atomic E-state index is 10.4. The number of aliphatic hydroxyl groups excluding tert-OH is 2. The minimum absolute atomic E-state index is 0.348. The van der Waals surface area contributed by atoms with E-state index in [0.29, 0.717) is 18.1 Å². The number of hydrogen-bond acceptors (Lipinski definition) is 6. The lowest BCUT2D eigenvalue weighted by molar-refractivity contribution is -0.104. The quantitative estimate of drug-likeness (QED) is 0.657. The van der Waals surface area contributed by atoms with Crippen LogP contribution in [0, 0.1) is 0 Å². The van der Waals surface area contributed by atoms with Gasteiger partial charge in [0.15, 0.2) is 6.23 Å². The van der Waals surface area contributed by atoms with Crippen LogP contribution in [0.1, 0.15) is 13.3 Å². The van der Waals surface area contributed by atoms with Crippen molar-refractivity contribution in [2.24, 2.45) is 10.7 Å². The summed E-state index contributed by atoms with van der Waals surface area (Å²) in [5.74, 6) is 0.728. The van der Waals surface area contributed by atoms with E-state index >= 15 is 0 Å². The Morgan fingerprint density at radius 3 is 2.68 bits per heavy atom. The molecule has 0 amide bonds. The highest BCUT2D eigenvalue weighted by molar-refractivity contribution is 7.72. The van der Waals surface area contributed by atoms with Crippen LogP contribution < -0.4 is 5.73 Å². The van der Waals surface area contributed by atoms with Crippen molar-refractivity contribution in [2.75, 3.05) is 19.5 Å². The third kappa shape index (κ3) is 3.46. The van der Waals surface area contributed by atoms with Gasteiger partial charge >= 0.3 is 0 Å². The van der Waals surface area contributed by atoms with E-state index in [-0.39, 0.29) is 0 Å². The van der Waals surface area contributed by atoms with Gasteiger partial charge in [0.1, 0.15) is 23.9 Å². The van der Waals surface area contributed by atoms with Crippen molar-refractivity contribution in [2.45, 2.75) is 37.4 Å². The summed E-state index contributed by atoms with van der Waals surface area (Å²) in [5, 5.41) is 20.8. The van der Waals surface area contributed by atoms with Crippen molar-refractivity contribution in [3.05, 3.63) is 24.7 Å². The van der Waals surface area contributed by atoms with Gasteiger partial charge in [0, 0.05) is 6.20 Å². The van der Waals surface area contributed by atoms with Crippen molar-refractivity contribution in [1.82, 2.24) is 4.90 Å². The molecule has 4 atom stereocenters. The molecule has 2 heterocycles. The number of amidine groups is 1. The Hall–Kier alpha value is -1.07. The average Bonchev–Trinajstić information content (AvgIpc) is 2.61. The van der Waals surface area contributed by atoms with Gasteiger partial charge < -0.3 is 25.6 Å². The van der Waals surface area contributed by atoms with Gasteiger partial charge in [0.25, 0.3) is 0 Å². The molecule has 0 aliphatic carbocycles. The van der Waals surface area contributed by atoms with Crippen molar-refractivity contribution in [3.8, 4) is 0 Å². The van der Waals surface area contributed by atoms with Crippen LogP contribution in [0.15, 0.2) is 29.7 Å². The molecule has 0 bridgehead atoms. The van der Waals surface area contributed by atoms with Gasteiger partial charge in [-0.3, -0.25) is 0 Å². The van der Waals surface area contributed by atoms with Gasteiger partial charge in [-0.25, -0.2) is 4.99 Å². The summed E-state index contributed by atoms with van der Waals surface area (Å²) in [5.41, 5.74) is 4.80. The molecular weight excluding hydrogens is 301 g/mol. The summed E-state index contributed by atoms with van der Waals surface area (Å²) in [4.78, 5) is 5.66. The fourth-order valence-corrected chi connectivity index (χ4v) is 3.65. The van der Waals surface area contributed by atoms with Crippen molar-refractivity contribution in [1.29, 1.82) is 0 Å². The Bertz CT molecular complexity index is 568. The fourth-order valence-electron chi connectivity index (χ4n) is 2.60.